The van der Waals surface area contributed by atoms with Crippen molar-refractivity contribution in [3.05, 3.63) is 81.1 Å². The van der Waals surface area contributed by atoms with Gasteiger partial charge in [0.05, 0.1) is 32.7 Å². The number of nitrogens with one attached hydrogen (secondary N) is 3. The summed E-state index contributed by atoms with van der Waals surface area (Å²) in [6.45, 7) is 6.31. The molecule has 0 aliphatic carbocycles. The largest absolute Gasteiger partial charge is 0.340 e. The second-order valence-electron chi connectivity index (χ2n) is 8.49. The minimum absolute atomic E-state index is 0.139. The van der Waals surface area contributed by atoms with Crippen LogP contribution >= 0.6 is 0 Å². The second-order valence-corrected chi connectivity index (χ2v) is 8.49. The summed E-state index contributed by atoms with van der Waals surface area (Å²) in [6.07, 6.45) is 0.866. The molecule has 164 valence electrons. The Morgan fingerprint density at radius 1 is 1.06 bits per heavy atom. The zero-order chi connectivity index (χ0) is 22.4. The molecule has 31 heavy (non-hydrogen) atoms. The maximum Gasteiger partial charge on any atom is 0.317 e. The van der Waals surface area contributed by atoms with Crippen LogP contribution in [0.25, 0.3) is 10.9 Å². The fourth-order valence-corrected chi connectivity index (χ4v) is 3.70. The number of urea groups is 1. The second kappa shape index (κ2) is 10.3. The summed E-state index contributed by atoms with van der Waals surface area (Å²) < 4.78 is 0. The number of H-pyrrole nitrogens is 1. The maximum atomic E-state index is 13.0. The molecule has 0 saturated carbocycles. The predicted molar refractivity (Wildman–Crippen MR) is 125 cm³/mol. The van der Waals surface area contributed by atoms with Crippen molar-refractivity contribution in [2.75, 3.05) is 27.2 Å². The molecule has 0 aliphatic heterocycles. The number of carbonyl (C=O) groups excluding carboxylic acids is 1. The number of quaternary nitrogens is 1. The number of aromatic nitrogens is 1. The van der Waals surface area contributed by atoms with E-state index in [1.165, 1.54) is 4.90 Å². The predicted octanol–water partition coefficient (Wildman–Crippen LogP) is 2.39. The van der Waals surface area contributed by atoms with Gasteiger partial charge in [0.1, 0.15) is 0 Å². The first kappa shape index (κ1) is 22.6. The molecule has 6 heteroatoms. The standard InChI is InChI=1S/C25H32N4O2/c1-18-11-12-19(2)23-22(18)15-21(24(30)27-23)17-29(14-8-13-28(3)4)25(31)26-16-20-9-6-5-7-10-20/h5-7,9-12,15H,8,13-14,16-17H2,1-4H3,(H,26,31)(H,27,30)/p+1. The van der Waals surface area contributed by atoms with E-state index in [4.69, 9.17) is 0 Å². The molecule has 2 amide bonds. The molecule has 0 fully saturated rings. The highest BCUT2D eigenvalue weighted by atomic mass is 16.2. The zero-order valence-electron chi connectivity index (χ0n) is 18.9. The molecule has 0 aliphatic rings. The van der Waals surface area contributed by atoms with E-state index in [2.05, 4.69) is 30.5 Å². The van der Waals surface area contributed by atoms with E-state index in [0.717, 1.165) is 40.6 Å². The molecule has 2 aromatic carbocycles. The number of hydrogen-bond acceptors (Lipinski definition) is 2. The lowest BCUT2D eigenvalue weighted by Crippen LogP contribution is -3.05. The minimum Gasteiger partial charge on any atom is -0.340 e. The average molecular weight is 422 g/mol. The Morgan fingerprint density at radius 3 is 2.48 bits per heavy atom. The number of aryl methyl sites for hydroxylation is 2. The Bertz CT molecular complexity index is 1090. The van der Waals surface area contributed by atoms with Crippen LogP contribution in [-0.2, 0) is 13.1 Å². The summed E-state index contributed by atoms with van der Waals surface area (Å²) in [4.78, 5) is 31.9. The van der Waals surface area contributed by atoms with Gasteiger partial charge in [-0.1, -0.05) is 42.5 Å². The highest BCUT2D eigenvalue weighted by Gasteiger charge is 2.17. The third-order valence-corrected chi connectivity index (χ3v) is 5.56. The SMILES string of the molecule is Cc1ccc(C)c2[nH]c(=O)c(CN(CCC[NH+](C)C)C(=O)NCc3ccccc3)cc12. The number of pyridine rings is 1. The molecule has 3 rings (SSSR count). The Morgan fingerprint density at radius 2 is 1.77 bits per heavy atom. The first-order valence-corrected chi connectivity index (χ1v) is 10.8. The summed E-state index contributed by atoms with van der Waals surface area (Å²) in [5.41, 5.74) is 4.52. The number of rotatable bonds is 8. The van der Waals surface area contributed by atoms with Gasteiger partial charge < -0.3 is 20.1 Å². The van der Waals surface area contributed by atoms with Gasteiger partial charge in [-0.25, -0.2) is 4.79 Å². The van der Waals surface area contributed by atoms with Crippen LogP contribution in [0.2, 0.25) is 0 Å². The monoisotopic (exact) mass is 421 g/mol. The van der Waals surface area contributed by atoms with Crippen LogP contribution in [0, 0.1) is 13.8 Å². The number of benzene rings is 2. The van der Waals surface area contributed by atoms with Crippen LogP contribution in [0.15, 0.2) is 53.3 Å². The van der Waals surface area contributed by atoms with Gasteiger partial charge in [-0.15, -0.1) is 0 Å². The normalized spacial score (nSPS) is 11.1. The average Bonchev–Trinajstić information content (AvgIpc) is 2.75. The van der Waals surface area contributed by atoms with Crippen LogP contribution < -0.4 is 15.8 Å². The molecule has 0 unspecified atom stereocenters. The fraction of sp³-hybridized carbons (Fsp3) is 0.360. The van der Waals surface area contributed by atoms with Gasteiger partial charge in [0.25, 0.3) is 5.56 Å². The molecule has 0 atom stereocenters. The Labute approximate surface area is 183 Å². The fourth-order valence-electron chi connectivity index (χ4n) is 3.70. The van der Waals surface area contributed by atoms with Crippen LogP contribution in [-0.4, -0.2) is 43.1 Å². The number of carbonyl (C=O) groups is 1. The van der Waals surface area contributed by atoms with Crippen molar-refractivity contribution in [2.24, 2.45) is 0 Å². The van der Waals surface area contributed by atoms with Gasteiger partial charge in [-0.05, 0) is 36.6 Å². The molecule has 1 aromatic heterocycles. The van der Waals surface area contributed by atoms with E-state index in [9.17, 15) is 9.59 Å². The van der Waals surface area contributed by atoms with Crippen molar-refractivity contribution in [1.82, 2.24) is 15.2 Å². The third-order valence-electron chi connectivity index (χ3n) is 5.56. The maximum absolute atomic E-state index is 13.0. The van der Waals surface area contributed by atoms with E-state index in [0.29, 0.717) is 18.7 Å². The van der Waals surface area contributed by atoms with Gasteiger partial charge in [0.15, 0.2) is 0 Å². The lowest BCUT2D eigenvalue weighted by atomic mass is 10.0. The van der Waals surface area contributed by atoms with Gasteiger partial charge in [0, 0.05) is 30.5 Å². The Kier molecular flexibility index (Phi) is 7.47. The van der Waals surface area contributed by atoms with Gasteiger partial charge in [-0.2, -0.15) is 0 Å². The van der Waals surface area contributed by atoms with Crippen LogP contribution in [0.5, 0.6) is 0 Å². The van der Waals surface area contributed by atoms with Crippen molar-refractivity contribution in [3.63, 3.8) is 0 Å². The number of amides is 2. The van der Waals surface area contributed by atoms with Gasteiger partial charge in [-0.3, -0.25) is 4.79 Å². The lowest BCUT2D eigenvalue weighted by molar-refractivity contribution is -0.858. The Balaban J connectivity index is 1.81. The highest BCUT2D eigenvalue weighted by Crippen LogP contribution is 2.20. The summed E-state index contributed by atoms with van der Waals surface area (Å²) >= 11 is 0. The molecule has 3 aromatic rings. The lowest BCUT2D eigenvalue weighted by Gasteiger charge is -2.23. The molecule has 1 heterocycles. The minimum atomic E-state index is -0.155. The smallest absolute Gasteiger partial charge is 0.317 e. The molecule has 6 nitrogen and oxygen atoms in total. The molecule has 0 spiro atoms. The third kappa shape index (κ3) is 5.95. The van der Waals surface area contributed by atoms with E-state index in [-0.39, 0.29) is 18.1 Å². The van der Waals surface area contributed by atoms with E-state index in [1.54, 1.807) is 4.90 Å². The number of aromatic amines is 1. The van der Waals surface area contributed by atoms with E-state index >= 15 is 0 Å². The molecule has 0 saturated heterocycles. The van der Waals surface area contributed by atoms with Gasteiger partial charge in [0.2, 0.25) is 0 Å². The Hall–Kier alpha value is -3.12. The molecule has 0 radical (unpaired) electrons. The van der Waals surface area contributed by atoms with E-state index < -0.39 is 0 Å². The molecular weight excluding hydrogens is 388 g/mol. The first-order chi connectivity index (χ1) is 14.8. The van der Waals surface area contributed by atoms with Crippen molar-refractivity contribution < 1.29 is 9.69 Å². The van der Waals surface area contributed by atoms with Crippen LogP contribution in [0.1, 0.15) is 28.7 Å². The van der Waals surface area contributed by atoms with Gasteiger partial charge >= 0.3 is 6.03 Å². The topological polar surface area (TPSA) is 69.6 Å². The molecule has 0 bridgehead atoms. The molecular formula is C25H33N4O2+. The first-order valence-electron chi connectivity index (χ1n) is 10.8. The molecule has 3 N–H and O–H groups in total. The van der Waals surface area contributed by atoms with Crippen molar-refractivity contribution in [2.45, 2.75) is 33.4 Å². The van der Waals surface area contributed by atoms with E-state index in [1.807, 2.05) is 56.3 Å². The van der Waals surface area contributed by atoms with Crippen molar-refractivity contribution in [1.29, 1.82) is 0 Å². The zero-order valence-corrected chi connectivity index (χ0v) is 18.9. The van der Waals surface area contributed by atoms with Crippen LogP contribution in [0.4, 0.5) is 4.79 Å². The number of nitrogens with zero attached hydrogens (tertiary/aromatic N) is 1. The van der Waals surface area contributed by atoms with Crippen molar-refractivity contribution >= 4 is 16.9 Å². The summed E-state index contributed by atoms with van der Waals surface area (Å²) in [5, 5.41) is 4.03. The summed E-state index contributed by atoms with van der Waals surface area (Å²) in [7, 11) is 4.19. The summed E-state index contributed by atoms with van der Waals surface area (Å²) in [6, 6.07) is 15.7. The quantitative estimate of drug-likeness (QED) is 0.523. The number of hydrogen-bond donors (Lipinski definition) is 3. The van der Waals surface area contributed by atoms with Crippen LogP contribution in [0.3, 0.4) is 0 Å². The highest BCUT2D eigenvalue weighted by molar-refractivity contribution is 5.85. The van der Waals surface area contributed by atoms with Crippen molar-refractivity contribution in [3.8, 4) is 0 Å². The summed E-state index contributed by atoms with van der Waals surface area (Å²) in [5.74, 6) is 0. The number of fused-ring (bicyclic) bond motifs is 1.